The van der Waals surface area contributed by atoms with E-state index in [-0.39, 0.29) is 6.61 Å². The maximum atomic E-state index is 12.5. The number of hydrogen-bond acceptors (Lipinski definition) is 3. The predicted molar refractivity (Wildman–Crippen MR) is 81.3 cm³/mol. The Kier molecular flexibility index (Phi) is 6.42. The van der Waals surface area contributed by atoms with Crippen LogP contribution in [0.2, 0.25) is 0 Å². The second-order valence-corrected chi connectivity index (χ2v) is 5.78. The third kappa shape index (κ3) is 5.99. The monoisotopic (exact) mass is 344 g/mol. The van der Waals surface area contributed by atoms with Crippen LogP contribution >= 0.6 is 0 Å². The fraction of sp³-hybridized carbons (Fsp3) is 0.412. The third-order valence-electron chi connectivity index (χ3n) is 3.51. The van der Waals surface area contributed by atoms with Crippen LogP contribution in [0.3, 0.4) is 0 Å². The van der Waals surface area contributed by atoms with E-state index in [9.17, 15) is 18.3 Å². The highest BCUT2D eigenvalue weighted by molar-refractivity contribution is 5.23. The minimum atomic E-state index is -4.32. The molecule has 2 N–H and O–H groups in total. The van der Waals surface area contributed by atoms with Gasteiger partial charge in [-0.15, -0.1) is 0 Å². The van der Waals surface area contributed by atoms with Gasteiger partial charge in [-0.3, -0.25) is 0 Å². The number of likely N-dealkylation sites (N-methyl/N-ethyl adjacent to an activating group) is 1. The lowest BCUT2D eigenvalue weighted by Crippen LogP contribution is -3.08. The Morgan fingerprint density at radius 1 is 1.21 bits per heavy atom. The Balaban J connectivity index is 1.72. The lowest BCUT2D eigenvalue weighted by atomic mass is 10.1. The van der Waals surface area contributed by atoms with E-state index in [0.717, 1.165) is 22.6 Å². The fourth-order valence-electron chi connectivity index (χ4n) is 2.38. The number of aliphatic hydroxyl groups is 1. The summed E-state index contributed by atoms with van der Waals surface area (Å²) in [6, 6.07) is 8.63. The molecule has 0 aliphatic heterocycles. The van der Waals surface area contributed by atoms with Crippen LogP contribution in [-0.2, 0) is 24.1 Å². The van der Waals surface area contributed by atoms with E-state index < -0.39 is 17.8 Å². The molecule has 0 aliphatic rings. The third-order valence-corrected chi connectivity index (χ3v) is 3.51. The lowest BCUT2D eigenvalue weighted by Gasteiger charge is -2.18. The summed E-state index contributed by atoms with van der Waals surface area (Å²) in [7, 11) is 1.87. The Hall–Kier alpha value is -1.83. The van der Waals surface area contributed by atoms with Gasteiger partial charge in [0.25, 0.3) is 0 Å². The maximum Gasteiger partial charge on any atom is 0.416 e. The van der Waals surface area contributed by atoms with Gasteiger partial charge < -0.3 is 19.2 Å². The van der Waals surface area contributed by atoms with Gasteiger partial charge in [0.15, 0.2) is 0 Å². The van der Waals surface area contributed by atoms with Crippen molar-refractivity contribution in [3.63, 3.8) is 0 Å². The van der Waals surface area contributed by atoms with Crippen molar-refractivity contribution in [3.05, 3.63) is 59.5 Å². The summed E-state index contributed by atoms with van der Waals surface area (Å²) in [5, 5.41) is 9.95. The molecular weight excluding hydrogens is 323 g/mol. The molecule has 7 heteroatoms. The molecule has 0 fully saturated rings. The van der Waals surface area contributed by atoms with E-state index in [4.69, 9.17) is 9.15 Å². The summed E-state index contributed by atoms with van der Waals surface area (Å²) >= 11 is 0. The molecule has 4 nitrogen and oxygen atoms in total. The SMILES string of the molecule is C[NH+](Cc1ccc(C(F)(F)F)cc1)C[C@@H](O)COCc1ccco1. The van der Waals surface area contributed by atoms with Crippen LogP contribution in [0.15, 0.2) is 47.1 Å². The van der Waals surface area contributed by atoms with E-state index in [1.165, 1.54) is 12.1 Å². The number of aliphatic hydroxyl groups excluding tert-OH is 1. The van der Waals surface area contributed by atoms with Crippen LogP contribution in [0, 0.1) is 0 Å². The molecule has 2 atom stereocenters. The number of benzene rings is 1. The van der Waals surface area contributed by atoms with Crippen LogP contribution in [0.25, 0.3) is 0 Å². The number of quaternary nitrogens is 1. The zero-order valence-corrected chi connectivity index (χ0v) is 13.3. The molecule has 0 radical (unpaired) electrons. The highest BCUT2D eigenvalue weighted by atomic mass is 19.4. The molecule has 1 heterocycles. The van der Waals surface area contributed by atoms with Gasteiger partial charge in [0.05, 0.1) is 25.5 Å². The molecule has 2 rings (SSSR count). The number of halogens is 3. The number of ether oxygens (including phenoxy) is 1. The number of rotatable bonds is 8. The molecule has 0 bridgehead atoms. The molecule has 1 unspecified atom stereocenters. The van der Waals surface area contributed by atoms with Gasteiger partial charge in [0.1, 0.15) is 31.6 Å². The van der Waals surface area contributed by atoms with E-state index in [1.54, 1.807) is 18.4 Å². The van der Waals surface area contributed by atoms with E-state index >= 15 is 0 Å². The molecular formula is C17H21F3NO3+. The molecule has 0 spiro atoms. The number of hydrogen-bond donors (Lipinski definition) is 2. The van der Waals surface area contributed by atoms with Crippen LogP contribution in [-0.4, -0.2) is 31.4 Å². The number of nitrogens with one attached hydrogen (secondary N) is 1. The normalized spacial score (nSPS) is 14.5. The van der Waals surface area contributed by atoms with Crippen LogP contribution in [0.1, 0.15) is 16.9 Å². The summed E-state index contributed by atoms with van der Waals surface area (Å²) < 4.78 is 48.0. The summed E-state index contributed by atoms with van der Waals surface area (Å²) in [6.07, 6.45) is -3.43. The lowest BCUT2D eigenvalue weighted by molar-refractivity contribution is -0.897. The standard InChI is InChI=1S/C17H20F3NO3/c1-21(9-13-4-6-14(7-5-13)17(18,19)20)10-15(22)11-23-12-16-3-2-8-24-16/h2-8,15,22H,9-12H2,1H3/p+1/t15-/m1/s1. The second-order valence-electron chi connectivity index (χ2n) is 5.78. The molecule has 2 aromatic rings. The van der Waals surface area contributed by atoms with Crippen LogP contribution < -0.4 is 4.90 Å². The van der Waals surface area contributed by atoms with Crippen molar-refractivity contribution in [3.8, 4) is 0 Å². The molecule has 0 aliphatic carbocycles. The first-order chi connectivity index (χ1) is 11.3. The highest BCUT2D eigenvalue weighted by Gasteiger charge is 2.30. The van der Waals surface area contributed by atoms with E-state index in [0.29, 0.717) is 25.5 Å². The summed E-state index contributed by atoms with van der Waals surface area (Å²) in [6.45, 7) is 1.42. The van der Waals surface area contributed by atoms with Crippen molar-refractivity contribution >= 4 is 0 Å². The maximum absolute atomic E-state index is 12.5. The van der Waals surface area contributed by atoms with E-state index in [1.807, 2.05) is 7.05 Å². The van der Waals surface area contributed by atoms with Gasteiger partial charge in [-0.25, -0.2) is 0 Å². The molecule has 0 amide bonds. The Labute approximate surface area is 138 Å². The van der Waals surface area contributed by atoms with Crippen LogP contribution in [0.5, 0.6) is 0 Å². The van der Waals surface area contributed by atoms with Gasteiger partial charge in [-0.1, -0.05) is 12.1 Å². The topological polar surface area (TPSA) is 47.0 Å². The Morgan fingerprint density at radius 3 is 2.50 bits per heavy atom. The van der Waals surface area contributed by atoms with Gasteiger partial charge in [-0.05, 0) is 24.3 Å². The zero-order valence-electron chi connectivity index (χ0n) is 13.3. The average Bonchev–Trinajstić information content (AvgIpc) is 3.00. The van der Waals surface area contributed by atoms with Gasteiger partial charge in [-0.2, -0.15) is 13.2 Å². The first kappa shape index (κ1) is 18.5. The average molecular weight is 344 g/mol. The minimum Gasteiger partial charge on any atom is -0.467 e. The van der Waals surface area contributed by atoms with Crippen molar-refractivity contribution < 1.29 is 32.3 Å². The molecule has 1 aromatic heterocycles. The van der Waals surface area contributed by atoms with Gasteiger partial charge >= 0.3 is 6.18 Å². The largest absolute Gasteiger partial charge is 0.467 e. The van der Waals surface area contributed by atoms with Gasteiger partial charge in [0, 0.05) is 5.56 Å². The summed E-state index contributed by atoms with van der Waals surface area (Å²) in [5.74, 6) is 0.688. The van der Waals surface area contributed by atoms with Crippen molar-refractivity contribution in [1.29, 1.82) is 0 Å². The van der Waals surface area contributed by atoms with Crippen molar-refractivity contribution in [2.45, 2.75) is 25.4 Å². The fourth-order valence-corrected chi connectivity index (χ4v) is 2.38. The predicted octanol–water partition coefficient (Wildman–Crippen LogP) is 1.89. The molecule has 24 heavy (non-hydrogen) atoms. The second kappa shape index (κ2) is 8.32. The number of alkyl halides is 3. The molecule has 0 saturated carbocycles. The first-order valence-corrected chi connectivity index (χ1v) is 7.60. The molecule has 1 aromatic carbocycles. The zero-order chi connectivity index (χ0) is 17.6. The number of furan rings is 1. The quantitative estimate of drug-likeness (QED) is 0.769. The smallest absolute Gasteiger partial charge is 0.416 e. The summed E-state index contributed by atoms with van der Waals surface area (Å²) in [4.78, 5) is 0.976. The van der Waals surface area contributed by atoms with Crippen LogP contribution in [0.4, 0.5) is 13.2 Å². The molecule has 132 valence electrons. The molecule has 0 saturated heterocycles. The Bertz CT molecular complexity index is 597. The minimum absolute atomic E-state index is 0.172. The Morgan fingerprint density at radius 2 is 1.92 bits per heavy atom. The highest BCUT2D eigenvalue weighted by Crippen LogP contribution is 2.28. The van der Waals surface area contributed by atoms with Gasteiger partial charge in [0.2, 0.25) is 0 Å². The summed E-state index contributed by atoms with van der Waals surface area (Å²) in [5.41, 5.74) is 0.125. The van der Waals surface area contributed by atoms with Crippen molar-refractivity contribution in [2.75, 3.05) is 20.2 Å². The van der Waals surface area contributed by atoms with Crippen molar-refractivity contribution in [1.82, 2.24) is 0 Å². The first-order valence-electron chi connectivity index (χ1n) is 7.60. The van der Waals surface area contributed by atoms with E-state index in [2.05, 4.69) is 0 Å². The van der Waals surface area contributed by atoms with Crippen molar-refractivity contribution in [2.24, 2.45) is 0 Å².